The number of imide groups is 1. The maximum absolute atomic E-state index is 12.8. The Labute approximate surface area is 175 Å². The molecule has 6 rings (SSSR count). The molecule has 5 aliphatic rings. The standard InChI is InChI=1S/C22H28N4O4/c1-30-13-21-9-22(10-21,24-11-21)12-23-7-14-2-3-16-15(6-14)8-26(20(16)29)17-4-5-18(27)25-19(17)28/h2-3,6,17,23-24H,4-5,7-13H2,1H3,(H,25,27,28). The van der Waals surface area contributed by atoms with Crippen LogP contribution in [0.4, 0.5) is 0 Å². The van der Waals surface area contributed by atoms with Crippen molar-refractivity contribution >= 4 is 17.7 Å². The second-order valence-corrected chi connectivity index (χ2v) is 9.42. The fourth-order valence-electron chi connectivity index (χ4n) is 5.84. The van der Waals surface area contributed by atoms with Crippen LogP contribution in [0, 0.1) is 5.41 Å². The van der Waals surface area contributed by atoms with Crippen molar-refractivity contribution in [2.24, 2.45) is 5.41 Å². The van der Waals surface area contributed by atoms with Crippen LogP contribution in [0.1, 0.15) is 47.2 Å². The second kappa shape index (κ2) is 7.14. The molecule has 160 valence electrons. The molecule has 0 aromatic heterocycles. The van der Waals surface area contributed by atoms with Crippen LogP contribution in [0.5, 0.6) is 0 Å². The number of benzene rings is 1. The first kappa shape index (κ1) is 19.7. The van der Waals surface area contributed by atoms with Gasteiger partial charge in [0.25, 0.3) is 5.91 Å². The summed E-state index contributed by atoms with van der Waals surface area (Å²) in [6.45, 7) is 3.92. The number of nitrogens with one attached hydrogen (secondary N) is 3. The zero-order valence-corrected chi connectivity index (χ0v) is 17.3. The third-order valence-corrected chi connectivity index (χ3v) is 7.10. The normalized spacial score (nSPS) is 32.2. The van der Waals surface area contributed by atoms with Crippen LogP contribution in [-0.2, 0) is 27.4 Å². The molecule has 3 saturated heterocycles. The molecule has 1 aromatic rings. The van der Waals surface area contributed by atoms with Gasteiger partial charge in [0.1, 0.15) is 6.04 Å². The van der Waals surface area contributed by atoms with E-state index in [-0.39, 0.29) is 29.7 Å². The van der Waals surface area contributed by atoms with Gasteiger partial charge in [-0.1, -0.05) is 12.1 Å². The molecular weight excluding hydrogens is 384 g/mol. The molecule has 2 bridgehead atoms. The Bertz CT molecular complexity index is 908. The number of fused-ring (bicyclic) bond motifs is 2. The number of nitrogens with zero attached hydrogens (tertiary/aromatic N) is 1. The molecule has 8 heteroatoms. The first-order valence-corrected chi connectivity index (χ1v) is 10.6. The monoisotopic (exact) mass is 412 g/mol. The van der Waals surface area contributed by atoms with Gasteiger partial charge in [-0.15, -0.1) is 0 Å². The van der Waals surface area contributed by atoms with E-state index >= 15 is 0 Å². The van der Waals surface area contributed by atoms with Crippen LogP contribution in [0.15, 0.2) is 18.2 Å². The van der Waals surface area contributed by atoms with E-state index in [0.717, 1.165) is 50.2 Å². The van der Waals surface area contributed by atoms with Crippen LogP contribution in [-0.4, -0.2) is 61.0 Å². The van der Waals surface area contributed by atoms with E-state index in [2.05, 4.69) is 22.0 Å². The number of carbonyl (C=O) groups is 3. The summed E-state index contributed by atoms with van der Waals surface area (Å²) in [7, 11) is 1.77. The number of piperidine rings is 1. The molecule has 30 heavy (non-hydrogen) atoms. The molecule has 4 aliphatic heterocycles. The van der Waals surface area contributed by atoms with Crippen molar-refractivity contribution in [1.82, 2.24) is 20.9 Å². The zero-order valence-electron chi connectivity index (χ0n) is 17.3. The average Bonchev–Trinajstić information content (AvgIpc) is 3.32. The van der Waals surface area contributed by atoms with Gasteiger partial charge in [0.05, 0.1) is 6.61 Å². The number of methoxy groups -OCH3 is 1. The molecule has 1 aliphatic carbocycles. The summed E-state index contributed by atoms with van der Waals surface area (Å²) in [6.07, 6.45) is 2.96. The lowest BCUT2D eigenvalue weighted by molar-refractivity contribution is -0.136. The molecule has 3 amide bonds. The molecule has 1 unspecified atom stereocenters. The van der Waals surface area contributed by atoms with E-state index in [4.69, 9.17) is 4.74 Å². The summed E-state index contributed by atoms with van der Waals surface area (Å²) in [5, 5.41) is 9.57. The number of rotatable bonds is 7. The molecule has 0 spiro atoms. The number of carbonyl (C=O) groups excluding carboxylic acids is 3. The summed E-state index contributed by atoms with van der Waals surface area (Å²) < 4.78 is 5.37. The predicted molar refractivity (Wildman–Crippen MR) is 108 cm³/mol. The molecule has 0 radical (unpaired) electrons. The third-order valence-electron chi connectivity index (χ3n) is 7.10. The summed E-state index contributed by atoms with van der Waals surface area (Å²) in [6, 6.07) is 5.33. The molecule has 4 fully saturated rings. The van der Waals surface area contributed by atoms with E-state index in [9.17, 15) is 14.4 Å². The van der Waals surface area contributed by atoms with Crippen molar-refractivity contribution in [2.45, 2.75) is 50.4 Å². The topological polar surface area (TPSA) is 99.8 Å². The summed E-state index contributed by atoms with van der Waals surface area (Å²) in [5.74, 6) is -0.768. The van der Waals surface area contributed by atoms with E-state index in [1.165, 1.54) is 0 Å². The SMILES string of the molecule is COCC12CNC(CNCc3ccc4c(c3)CN(C3CCC(=O)NC3=O)C4=O)(C1)C2. The van der Waals surface area contributed by atoms with Crippen molar-refractivity contribution in [1.29, 1.82) is 0 Å². The van der Waals surface area contributed by atoms with Gasteiger partial charge in [0.15, 0.2) is 0 Å². The summed E-state index contributed by atoms with van der Waals surface area (Å²) >= 11 is 0. The van der Waals surface area contributed by atoms with Crippen molar-refractivity contribution < 1.29 is 19.1 Å². The highest BCUT2D eigenvalue weighted by Crippen LogP contribution is 2.53. The van der Waals surface area contributed by atoms with Crippen molar-refractivity contribution in [3.05, 3.63) is 34.9 Å². The number of ether oxygens (including phenoxy) is 1. The lowest BCUT2D eigenvalue weighted by Crippen LogP contribution is -2.55. The maximum Gasteiger partial charge on any atom is 0.255 e. The van der Waals surface area contributed by atoms with Crippen LogP contribution >= 0.6 is 0 Å². The minimum atomic E-state index is -0.567. The third kappa shape index (κ3) is 3.23. The number of hydrogen-bond acceptors (Lipinski definition) is 6. The molecule has 1 saturated carbocycles. The molecule has 4 heterocycles. The van der Waals surface area contributed by atoms with Crippen LogP contribution in [0.3, 0.4) is 0 Å². The minimum absolute atomic E-state index is 0.128. The second-order valence-electron chi connectivity index (χ2n) is 9.42. The smallest absolute Gasteiger partial charge is 0.255 e. The van der Waals surface area contributed by atoms with Crippen molar-refractivity contribution in [3.8, 4) is 0 Å². The van der Waals surface area contributed by atoms with Crippen LogP contribution in [0.25, 0.3) is 0 Å². The molecule has 1 aromatic carbocycles. The molecule has 3 N–H and O–H groups in total. The Morgan fingerprint density at radius 1 is 1.27 bits per heavy atom. The molecular formula is C22H28N4O4. The minimum Gasteiger partial charge on any atom is -0.384 e. The summed E-state index contributed by atoms with van der Waals surface area (Å²) in [5.41, 5.74) is 3.24. The van der Waals surface area contributed by atoms with Gasteiger partial charge < -0.3 is 20.3 Å². The van der Waals surface area contributed by atoms with E-state index in [0.29, 0.717) is 23.9 Å². The van der Waals surface area contributed by atoms with Crippen LogP contribution in [0.2, 0.25) is 0 Å². The van der Waals surface area contributed by atoms with E-state index < -0.39 is 6.04 Å². The lowest BCUT2D eigenvalue weighted by Gasteiger charge is -2.46. The highest BCUT2D eigenvalue weighted by atomic mass is 16.5. The number of amides is 3. The Morgan fingerprint density at radius 2 is 2.10 bits per heavy atom. The van der Waals surface area contributed by atoms with Gasteiger partial charge in [0.2, 0.25) is 11.8 Å². The van der Waals surface area contributed by atoms with Gasteiger partial charge in [-0.2, -0.15) is 0 Å². The van der Waals surface area contributed by atoms with E-state index in [1.807, 2.05) is 12.1 Å². The fourth-order valence-corrected chi connectivity index (χ4v) is 5.84. The van der Waals surface area contributed by atoms with Gasteiger partial charge >= 0.3 is 0 Å². The first-order valence-electron chi connectivity index (χ1n) is 10.6. The van der Waals surface area contributed by atoms with Gasteiger partial charge in [0, 0.05) is 56.2 Å². The van der Waals surface area contributed by atoms with Crippen LogP contribution < -0.4 is 16.0 Å². The fraction of sp³-hybridized carbons (Fsp3) is 0.591. The van der Waals surface area contributed by atoms with Gasteiger partial charge in [-0.25, -0.2) is 0 Å². The predicted octanol–water partition coefficient (Wildman–Crippen LogP) is 0.306. The first-order chi connectivity index (χ1) is 14.4. The Morgan fingerprint density at radius 3 is 2.87 bits per heavy atom. The number of hydrogen-bond donors (Lipinski definition) is 3. The Kier molecular flexibility index (Phi) is 4.68. The van der Waals surface area contributed by atoms with E-state index in [1.54, 1.807) is 12.0 Å². The highest BCUT2D eigenvalue weighted by Gasteiger charge is 2.60. The molecule has 8 nitrogen and oxygen atoms in total. The van der Waals surface area contributed by atoms with Crippen molar-refractivity contribution in [2.75, 3.05) is 26.8 Å². The van der Waals surface area contributed by atoms with Crippen molar-refractivity contribution in [3.63, 3.8) is 0 Å². The maximum atomic E-state index is 12.8. The molecule has 1 atom stereocenters. The lowest BCUT2D eigenvalue weighted by atomic mass is 9.62. The highest BCUT2D eigenvalue weighted by molar-refractivity contribution is 6.05. The van der Waals surface area contributed by atoms with Gasteiger partial charge in [-0.05, 0) is 36.5 Å². The zero-order chi connectivity index (χ0) is 20.9. The quantitative estimate of drug-likeness (QED) is 0.558. The largest absolute Gasteiger partial charge is 0.384 e. The van der Waals surface area contributed by atoms with Gasteiger partial charge in [-0.3, -0.25) is 19.7 Å². The summed E-state index contributed by atoms with van der Waals surface area (Å²) in [4.78, 5) is 37.9. The Balaban J connectivity index is 1.18. The Hall–Kier alpha value is -2.29. The average molecular weight is 412 g/mol.